The van der Waals surface area contributed by atoms with Crippen molar-refractivity contribution in [3.63, 3.8) is 0 Å². The Balaban J connectivity index is 0.000000169. The molecular weight excluding hydrogens is 1230 g/mol. The maximum absolute atomic E-state index is 15.1. The standard InChI is InChI=1S/C26H26FN5O6.C19H25FN4O4.C19H24FN3O5/c1-16(33)28-13-18-14-31(26(37)38-18)17-6-7-22(21(27)12-17)29-8-10-30(11-9-29)23(34)15-32-24(35)19-4-2-3-5-20(19)25(32)36;1-13(25)2-4-15-12-24(19(27)28-15)14-3-5-17(16(20)10-14)22-6-8-23(9-7-22)18(26)11-21;1-13(25)2-4-15-11-23(19(27)28-15)14-3-5-17(16(20)10-14)21-6-8-22(9-7-21)18(26)12-24/h2-7,12,18H,8-11,13-15H2,1H3,(H,28,33);3,5,10,15H,2,4,6-9,11-12,21H2,1H3;3,5,10,15,24H,2,4,6-9,11-12H2,1H3/t18-;2*15-/m000/s1. The molecule has 0 unspecified atom stereocenters. The molecule has 0 aromatic heterocycles. The van der Waals surface area contributed by atoms with E-state index in [0.29, 0.717) is 156 Å². The molecule has 3 atom stereocenters. The van der Waals surface area contributed by atoms with E-state index < -0.39 is 60.3 Å². The Kier molecular flexibility index (Phi) is 22.4. The van der Waals surface area contributed by atoms with E-state index in [1.165, 1.54) is 53.7 Å². The van der Waals surface area contributed by atoms with Crippen molar-refractivity contribution in [1.82, 2.24) is 24.9 Å². The number of benzene rings is 4. The average Bonchev–Trinajstić information content (AvgIpc) is 1.51. The van der Waals surface area contributed by atoms with E-state index in [1.54, 1.807) is 80.3 Å². The highest BCUT2D eigenvalue weighted by atomic mass is 19.1. The molecule has 0 radical (unpaired) electrons. The third-order valence-corrected chi connectivity index (χ3v) is 17.0. The minimum Gasteiger partial charge on any atom is -0.444 e. The maximum Gasteiger partial charge on any atom is 0.414 e. The zero-order valence-electron chi connectivity index (χ0n) is 52.3. The van der Waals surface area contributed by atoms with Gasteiger partial charge in [0.2, 0.25) is 23.6 Å². The molecule has 7 heterocycles. The van der Waals surface area contributed by atoms with Crippen molar-refractivity contribution in [1.29, 1.82) is 0 Å². The molecule has 94 heavy (non-hydrogen) atoms. The number of rotatable bonds is 18. The van der Waals surface area contributed by atoms with Crippen molar-refractivity contribution < 1.29 is 85.2 Å². The molecule has 7 aliphatic rings. The average molecular weight is 1310 g/mol. The molecule has 6 saturated heterocycles. The molecule has 9 amide bonds. The summed E-state index contributed by atoms with van der Waals surface area (Å²) in [5.41, 5.74) is 8.31. The number of aliphatic hydroxyl groups is 1. The second kappa shape index (κ2) is 30.7. The van der Waals surface area contributed by atoms with Gasteiger partial charge in [-0.05, 0) is 93.4 Å². The van der Waals surface area contributed by atoms with E-state index >= 15 is 4.39 Å². The second-order valence-electron chi connectivity index (χ2n) is 23.4. The summed E-state index contributed by atoms with van der Waals surface area (Å²) in [7, 11) is 0. The fourth-order valence-corrected chi connectivity index (χ4v) is 11.8. The predicted molar refractivity (Wildman–Crippen MR) is 335 cm³/mol. The molecular formula is C64H75F3N12O15. The molecule has 0 bridgehead atoms. The first-order chi connectivity index (χ1) is 45.0. The molecule has 4 aromatic rings. The van der Waals surface area contributed by atoms with Crippen LogP contribution in [0.25, 0.3) is 0 Å². The topological polar surface area (TPSA) is 306 Å². The third-order valence-electron chi connectivity index (χ3n) is 17.0. The third kappa shape index (κ3) is 16.5. The lowest BCUT2D eigenvalue weighted by molar-refractivity contribution is -0.134. The van der Waals surface area contributed by atoms with Crippen molar-refractivity contribution in [3.05, 3.63) is 107 Å². The van der Waals surface area contributed by atoms with Crippen LogP contribution in [0.15, 0.2) is 78.9 Å². The van der Waals surface area contributed by atoms with E-state index in [1.807, 2.05) is 9.80 Å². The summed E-state index contributed by atoms with van der Waals surface area (Å²) in [6, 6.07) is 20.2. The maximum atomic E-state index is 15.1. The number of ketones is 2. The quantitative estimate of drug-likeness (QED) is 0.0948. The lowest BCUT2D eigenvalue weighted by Crippen LogP contribution is -2.52. The normalized spacial score (nSPS) is 19.5. The van der Waals surface area contributed by atoms with Gasteiger partial charge in [0.15, 0.2) is 0 Å². The SMILES string of the molecule is CC(=O)CC[C@H]1CN(c2ccc(N3CCN(C(=O)CN)CC3)c(F)c2)C(=O)O1.CC(=O)CC[C@H]1CN(c2ccc(N3CCN(C(=O)CO)CC3)c(F)c2)C(=O)O1.CC(=O)NC[C@H]1CN(c2ccc(N3CCN(C(=O)CN4C(=O)c5ccccc5C4=O)CC3)c(F)c2)C(=O)O1. The molecule has 0 spiro atoms. The Morgan fingerprint density at radius 2 is 0.851 bits per heavy atom. The van der Waals surface area contributed by atoms with Gasteiger partial charge in [-0.2, -0.15) is 0 Å². The smallest absolute Gasteiger partial charge is 0.414 e. The summed E-state index contributed by atoms with van der Waals surface area (Å²) in [5.74, 6) is -3.33. The molecule has 0 aliphatic carbocycles. The largest absolute Gasteiger partial charge is 0.444 e. The van der Waals surface area contributed by atoms with E-state index in [-0.39, 0.29) is 80.1 Å². The number of Topliss-reactive ketones (excluding diaryl/α,β-unsaturated/α-hetero) is 2. The lowest BCUT2D eigenvalue weighted by atomic mass is 10.1. The van der Waals surface area contributed by atoms with E-state index in [9.17, 15) is 61.5 Å². The Labute approximate surface area is 539 Å². The van der Waals surface area contributed by atoms with Gasteiger partial charge in [0, 0.05) is 98.3 Å². The highest BCUT2D eigenvalue weighted by Crippen LogP contribution is 2.33. The summed E-state index contributed by atoms with van der Waals surface area (Å²) >= 11 is 0. The number of piperazine rings is 3. The van der Waals surface area contributed by atoms with Gasteiger partial charge in [0.25, 0.3) is 11.8 Å². The lowest BCUT2D eigenvalue weighted by Gasteiger charge is -2.36. The monoisotopic (exact) mass is 1310 g/mol. The second-order valence-corrected chi connectivity index (χ2v) is 23.4. The van der Waals surface area contributed by atoms with Gasteiger partial charge in [-0.25, -0.2) is 27.6 Å². The number of amides is 9. The fraction of sp³-hybridized carbons (Fsp3) is 0.453. The first-order valence-corrected chi connectivity index (χ1v) is 30.9. The molecule has 30 heteroatoms. The van der Waals surface area contributed by atoms with Crippen LogP contribution in [0.4, 0.5) is 61.7 Å². The number of cyclic esters (lactones) is 3. The molecule has 502 valence electrons. The first kappa shape index (κ1) is 68.5. The van der Waals surface area contributed by atoms with Gasteiger partial charge in [-0.3, -0.25) is 48.4 Å². The zero-order valence-corrected chi connectivity index (χ0v) is 52.3. The minimum atomic E-state index is -0.613. The van der Waals surface area contributed by atoms with Crippen molar-refractivity contribution in [2.75, 3.05) is 154 Å². The van der Waals surface area contributed by atoms with Crippen molar-refractivity contribution >= 4 is 99.4 Å². The number of aliphatic hydroxyl groups excluding tert-OH is 1. The van der Waals surface area contributed by atoms with Crippen molar-refractivity contribution in [2.45, 2.75) is 64.8 Å². The predicted octanol–water partition coefficient (Wildman–Crippen LogP) is 3.52. The minimum absolute atomic E-state index is 0.0254. The molecule has 4 aromatic carbocycles. The zero-order chi connectivity index (χ0) is 67.5. The Hall–Kier alpha value is -9.84. The van der Waals surface area contributed by atoms with Crippen LogP contribution in [0.2, 0.25) is 0 Å². The Morgan fingerprint density at radius 1 is 0.500 bits per heavy atom. The number of nitrogens with zero attached hydrogens (tertiary/aromatic N) is 10. The number of carbonyl (C=O) groups is 11. The number of carbonyl (C=O) groups excluding carboxylic acids is 11. The summed E-state index contributed by atoms with van der Waals surface area (Å²) in [6.45, 7) is 9.47. The van der Waals surface area contributed by atoms with Crippen molar-refractivity contribution in [3.8, 4) is 0 Å². The summed E-state index contributed by atoms with van der Waals surface area (Å²) in [5, 5.41) is 11.5. The van der Waals surface area contributed by atoms with Crippen LogP contribution in [-0.4, -0.2) is 233 Å². The summed E-state index contributed by atoms with van der Waals surface area (Å²) < 4.78 is 60.2. The Morgan fingerprint density at radius 3 is 1.19 bits per heavy atom. The van der Waals surface area contributed by atoms with Gasteiger partial charge in [-0.15, -0.1) is 0 Å². The van der Waals surface area contributed by atoms with Crippen LogP contribution < -0.4 is 40.4 Å². The van der Waals surface area contributed by atoms with Crippen LogP contribution in [0.1, 0.15) is 67.2 Å². The fourth-order valence-electron chi connectivity index (χ4n) is 11.8. The number of halogens is 3. The molecule has 0 saturated carbocycles. The van der Waals surface area contributed by atoms with Crippen LogP contribution in [0, 0.1) is 17.5 Å². The molecule has 11 rings (SSSR count). The first-order valence-electron chi connectivity index (χ1n) is 30.9. The molecule has 6 fully saturated rings. The van der Waals surface area contributed by atoms with Crippen molar-refractivity contribution in [2.24, 2.45) is 5.73 Å². The van der Waals surface area contributed by atoms with Gasteiger partial charge in [-0.1, -0.05) is 12.1 Å². The van der Waals surface area contributed by atoms with Gasteiger partial charge < -0.3 is 69.4 Å². The van der Waals surface area contributed by atoms with Crippen LogP contribution in [0.5, 0.6) is 0 Å². The Bertz CT molecular complexity index is 3400. The van der Waals surface area contributed by atoms with Gasteiger partial charge in [0.1, 0.15) is 60.5 Å². The van der Waals surface area contributed by atoms with Gasteiger partial charge >= 0.3 is 18.3 Å². The van der Waals surface area contributed by atoms with Crippen LogP contribution in [0.3, 0.4) is 0 Å². The number of anilines is 6. The number of imide groups is 1. The summed E-state index contributed by atoms with van der Waals surface area (Å²) in [4.78, 5) is 146. The van der Waals surface area contributed by atoms with Crippen LogP contribution >= 0.6 is 0 Å². The van der Waals surface area contributed by atoms with E-state index in [4.69, 9.17) is 25.1 Å². The number of fused-ring (bicyclic) bond motifs is 1. The molecule has 4 N–H and O–H groups in total. The molecule has 27 nitrogen and oxygen atoms in total. The number of nitrogens with one attached hydrogen (secondary N) is 1. The van der Waals surface area contributed by atoms with E-state index in [2.05, 4.69) is 5.32 Å². The number of ether oxygens (including phenoxy) is 3. The number of hydrogen-bond donors (Lipinski definition) is 3. The number of hydrogen-bond acceptors (Lipinski definition) is 19. The van der Waals surface area contributed by atoms with Gasteiger partial charge in [0.05, 0.1) is 78.0 Å². The summed E-state index contributed by atoms with van der Waals surface area (Å²) in [6.07, 6.45) is -1.37. The highest BCUT2D eigenvalue weighted by Gasteiger charge is 2.39. The number of nitrogens with two attached hydrogens (primary N) is 1. The van der Waals surface area contributed by atoms with Crippen LogP contribution in [-0.2, 0) is 43.0 Å². The van der Waals surface area contributed by atoms with E-state index in [0.717, 1.165) is 4.90 Å². The highest BCUT2D eigenvalue weighted by molar-refractivity contribution is 6.22. The molecule has 7 aliphatic heterocycles.